The van der Waals surface area contributed by atoms with Crippen molar-refractivity contribution >= 4 is 33.2 Å². The number of hydrogen-bond donors (Lipinski definition) is 0. The molecule has 0 aliphatic heterocycles. The van der Waals surface area contributed by atoms with E-state index < -0.39 is 15.9 Å². The molecule has 0 atom stereocenters. The van der Waals surface area contributed by atoms with Crippen molar-refractivity contribution in [3.8, 4) is 11.4 Å². The van der Waals surface area contributed by atoms with Crippen LogP contribution in [0.3, 0.4) is 0 Å². The zero-order valence-electron chi connectivity index (χ0n) is 16.7. The van der Waals surface area contributed by atoms with Crippen LogP contribution < -0.4 is 4.31 Å². The van der Waals surface area contributed by atoms with Crippen LogP contribution in [0.1, 0.15) is 11.5 Å². The molecule has 0 saturated heterocycles. The number of hydrogen-bond acceptors (Lipinski definition) is 6. The Hall–Kier alpha value is -2.91. The number of rotatable bonds is 7. The van der Waals surface area contributed by atoms with E-state index in [1.54, 1.807) is 26.1 Å². The number of nitrogens with zero attached hydrogens (tertiary/aromatic N) is 4. The Labute approximate surface area is 180 Å². The summed E-state index contributed by atoms with van der Waals surface area (Å²) in [7, 11) is -2.17. The van der Waals surface area contributed by atoms with Gasteiger partial charge in [-0.1, -0.05) is 53.2 Å². The quantitative estimate of drug-likeness (QED) is 0.551. The molecule has 0 unspecified atom stereocenters. The molecular weight excluding hydrogens is 428 g/mol. The number of benzene rings is 2. The van der Waals surface area contributed by atoms with E-state index in [4.69, 9.17) is 16.1 Å². The van der Waals surface area contributed by atoms with Crippen LogP contribution in [-0.2, 0) is 21.4 Å². The zero-order valence-corrected chi connectivity index (χ0v) is 18.3. The largest absolute Gasteiger partial charge is 0.337 e. The minimum Gasteiger partial charge on any atom is -0.337 e. The van der Waals surface area contributed by atoms with E-state index in [0.29, 0.717) is 22.1 Å². The summed E-state index contributed by atoms with van der Waals surface area (Å²) in [4.78, 5) is 18.4. The molecule has 0 spiro atoms. The summed E-state index contributed by atoms with van der Waals surface area (Å²) in [6.07, 6.45) is 1.05. The highest BCUT2D eigenvalue weighted by Gasteiger charge is 2.25. The van der Waals surface area contributed by atoms with Gasteiger partial charge in [0.1, 0.15) is 6.54 Å². The molecule has 0 saturated carbocycles. The van der Waals surface area contributed by atoms with Crippen molar-refractivity contribution in [3.63, 3.8) is 0 Å². The van der Waals surface area contributed by atoms with Crippen molar-refractivity contribution in [2.24, 2.45) is 0 Å². The number of halogens is 1. The Balaban J connectivity index is 1.75. The molecule has 3 aromatic rings. The van der Waals surface area contributed by atoms with Gasteiger partial charge < -0.3 is 9.42 Å². The van der Waals surface area contributed by atoms with Gasteiger partial charge in [-0.05, 0) is 24.6 Å². The highest BCUT2D eigenvalue weighted by Crippen LogP contribution is 2.26. The van der Waals surface area contributed by atoms with Gasteiger partial charge in [0.2, 0.25) is 27.6 Å². The monoisotopic (exact) mass is 448 g/mol. The molecule has 3 rings (SSSR count). The van der Waals surface area contributed by atoms with Crippen LogP contribution in [0.2, 0.25) is 5.02 Å². The molecule has 0 aliphatic carbocycles. The van der Waals surface area contributed by atoms with Crippen molar-refractivity contribution in [2.75, 3.05) is 24.2 Å². The SMILES string of the molecule is Cc1ccc(Cl)cc1N(CC(=O)N(C)Cc1nc(-c2ccccc2)no1)S(C)(=O)=O. The summed E-state index contributed by atoms with van der Waals surface area (Å²) < 4.78 is 31.0. The molecule has 10 heteroatoms. The van der Waals surface area contributed by atoms with Crippen LogP contribution in [0.25, 0.3) is 11.4 Å². The van der Waals surface area contributed by atoms with Gasteiger partial charge in [0.25, 0.3) is 0 Å². The lowest BCUT2D eigenvalue weighted by atomic mass is 10.2. The van der Waals surface area contributed by atoms with Crippen molar-refractivity contribution < 1.29 is 17.7 Å². The van der Waals surface area contributed by atoms with Crippen molar-refractivity contribution in [3.05, 3.63) is 65.0 Å². The third-order valence-corrected chi connectivity index (χ3v) is 5.78. The molecule has 0 radical (unpaired) electrons. The number of aryl methyl sites for hydroxylation is 1. The first-order valence-electron chi connectivity index (χ1n) is 9.01. The van der Waals surface area contributed by atoms with E-state index >= 15 is 0 Å². The normalized spacial score (nSPS) is 11.3. The third-order valence-electron chi connectivity index (χ3n) is 4.42. The molecular formula is C20H21ClN4O4S. The lowest BCUT2D eigenvalue weighted by Gasteiger charge is -2.26. The van der Waals surface area contributed by atoms with Crippen LogP contribution in [0.15, 0.2) is 53.1 Å². The molecule has 2 aromatic carbocycles. The summed E-state index contributed by atoms with van der Waals surface area (Å²) in [5, 5.41) is 4.30. The zero-order chi connectivity index (χ0) is 21.9. The van der Waals surface area contributed by atoms with Gasteiger partial charge in [0, 0.05) is 17.6 Å². The molecule has 0 N–H and O–H groups in total. The second-order valence-corrected chi connectivity index (χ2v) is 9.17. The fourth-order valence-corrected chi connectivity index (χ4v) is 3.86. The molecule has 158 valence electrons. The fraction of sp³-hybridized carbons (Fsp3) is 0.250. The topological polar surface area (TPSA) is 96.6 Å². The number of likely N-dealkylation sites (N-methyl/N-ethyl adjacent to an activating group) is 1. The number of aromatic nitrogens is 2. The number of anilines is 1. The summed E-state index contributed by atoms with van der Waals surface area (Å²) in [5.74, 6) is 0.229. The Morgan fingerprint density at radius 3 is 2.53 bits per heavy atom. The Kier molecular flexibility index (Phi) is 6.42. The van der Waals surface area contributed by atoms with Crippen LogP contribution in [0.5, 0.6) is 0 Å². The standard InChI is InChI=1S/C20H21ClN4O4S/c1-14-9-10-16(21)11-17(14)25(30(3,27)28)13-19(26)24(2)12-18-22-20(23-29-18)15-7-5-4-6-8-15/h4-11H,12-13H2,1-3H3. The van der Waals surface area contributed by atoms with E-state index in [-0.39, 0.29) is 19.0 Å². The van der Waals surface area contributed by atoms with Crippen LogP contribution in [-0.4, -0.2) is 49.2 Å². The average Bonchev–Trinajstić information content (AvgIpc) is 3.16. The summed E-state index contributed by atoms with van der Waals surface area (Å²) in [6.45, 7) is 1.42. The molecule has 8 nitrogen and oxygen atoms in total. The second kappa shape index (κ2) is 8.85. The maximum atomic E-state index is 12.7. The van der Waals surface area contributed by atoms with Crippen molar-refractivity contribution in [1.82, 2.24) is 15.0 Å². The lowest BCUT2D eigenvalue weighted by Crippen LogP contribution is -2.41. The maximum Gasteiger partial charge on any atom is 0.246 e. The van der Waals surface area contributed by atoms with E-state index in [9.17, 15) is 13.2 Å². The van der Waals surface area contributed by atoms with Gasteiger partial charge in [-0.25, -0.2) is 8.42 Å². The van der Waals surface area contributed by atoms with Gasteiger partial charge in [0.05, 0.1) is 18.5 Å². The van der Waals surface area contributed by atoms with Crippen LogP contribution in [0, 0.1) is 6.92 Å². The number of carbonyl (C=O) groups excluding carboxylic acids is 1. The third kappa shape index (κ3) is 5.17. The molecule has 1 heterocycles. The number of amides is 1. The number of sulfonamides is 1. The summed E-state index contributed by atoms with van der Waals surface area (Å²) in [6, 6.07) is 14.2. The highest BCUT2D eigenvalue weighted by atomic mass is 35.5. The molecule has 1 aromatic heterocycles. The van der Waals surface area contributed by atoms with E-state index in [0.717, 1.165) is 16.1 Å². The Bertz CT molecular complexity index is 1150. The molecule has 30 heavy (non-hydrogen) atoms. The molecule has 1 amide bonds. The van der Waals surface area contributed by atoms with Crippen LogP contribution >= 0.6 is 11.6 Å². The van der Waals surface area contributed by atoms with Gasteiger partial charge >= 0.3 is 0 Å². The van der Waals surface area contributed by atoms with Gasteiger partial charge in [-0.15, -0.1) is 0 Å². The number of carbonyl (C=O) groups is 1. The second-order valence-electron chi connectivity index (χ2n) is 6.83. The van der Waals surface area contributed by atoms with Gasteiger partial charge in [0.15, 0.2) is 0 Å². The van der Waals surface area contributed by atoms with Gasteiger partial charge in [-0.3, -0.25) is 9.10 Å². The average molecular weight is 449 g/mol. The summed E-state index contributed by atoms with van der Waals surface area (Å²) in [5.41, 5.74) is 1.83. The Morgan fingerprint density at radius 2 is 1.87 bits per heavy atom. The lowest BCUT2D eigenvalue weighted by molar-refractivity contribution is -0.129. The molecule has 0 aliphatic rings. The minimum absolute atomic E-state index is 0.0464. The minimum atomic E-state index is -3.71. The molecule has 0 fully saturated rings. The fourth-order valence-electron chi connectivity index (χ4n) is 2.79. The first-order chi connectivity index (χ1) is 14.1. The van der Waals surface area contributed by atoms with E-state index in [2.05, 4.69) is 10.1 Å². The smallest absolute Gasteiger partial charge is 0.246 e. The predicted molar refractivity (Wildman–Crippen MR) is 115 cm³/mol. The predicted octanol–water partition coefficient (Wildman–Crippen LogP) is 3.12. The highest BCUT2D eigenvalue weighted by molar-refractivity contribution is 7.92. The first-order valence-corrected chi connectivity index (χ1v) is 11.2. The first kappa shape index (κ1) is 21.8. The maximum absolute atomic E-state index is 12.7. The van der Waals surface area contributed by atoms with E-state index in [1.807, 2.05) is 30.3 Å². The van der Waals surface area contributed by atoms with Gasteiger partial charge in [-0.2, -0.15) is 4.98 Å². The summed E-state index contributed by atoms with van der Waals surface area (Å²) >= 11 is 6.03. The molecule has 0 bridgehead atoms. The van der Waals surface area contributed by atoms with Crippen LogP contribution in [0.4, 0.5) is 5.69 Å². The van der Waals surface area contributed by atoms with Crippen molar-refractivity contribution in [1.29, 1.82) is 0 Å². The van der Waals surface area contributed by atoms with Crippen molar-refractivity contribution in [2.45, 2.75) is 13.5 Å². The Morgan fingerprint density at radius 1 is 1.17 bits per heavy atom. The van der Waals surface area contributed by atoms with E-state index in [1.165, 1.54) is 11.0 Å².